The van der Waals surface area contributed by atoms with Crippen LogP contribution in [0.3, 0.4) is 0 Å². The van der Waals surface area contributed by atoms with Crippen LogP contribution >= 0.6 is 0 Å². The number of pyridine rings is 1. The number of carbonyl (C=O) groups excluding carboxylic acids is 2. The molecule has 0 spiro atoms. The van der Waals surface area contributed by atoms with E-state index in [0.717, 1.165) is 30.9 Å². The maximum Gasteiger partial charge on any atom is 0.410 e. The smallest absolute Gasteiger partial charge is 0.410 e. The van der Waals surface area contributed by atoms with Crippen LogP contribution < -0.4 is 4.90 Å². The number of rotatable bonds is 5. The lowest BCUT2D eigenvalue weighted by Gasteiger charge is -2.40. The quantitative estimate of drug-likeness (QED) is 0.409. The van der Waals surface area contributed by atoms with Gasteiger partial charge < -0.3 is 14.5 Å². The maximum absolute atomic E-state index is 13.6. The van der Waals surface area contributed by atoms with Gasteiger partial charge in [-0.15, -0.1) is 0 Å². The van der Waals surface area contributed by atoms with Crippen LogP contribution in [0.25, 0.3) is 11.3 Å². The highest BCUT2D eigenvalue weighted by Gasteiger charge is 2.30. The second-order valence-electron chi connectivity index (χ2n) is 11.1. The normalized spacial score (nSPS) is 16.2. The zero-order chi connectivity index (χ0) is 28.3. The van der Waals surface area contributed by atoms with Crippen LogP contribution in [-0.2, 0) is 11.3 Å². The molecule has 4 rings (SSSR count). The van der Waals surface area contributed by atoms with E-state index in [1.807, 2.05) is 52.0 Å². The Bertz CT molecular complexity index is 1340. The van der Waals surface area contributed by atoms with Crippen LogP contribution in [0.5, 0.6) is 0 Å². The Labute approximate surface area is 230 Å². The highest BCUT2D eigenvalue weighted by molar-refractivity contribution is 6.06. The molecule has 2 amide bonds. The minimum Gasteiger partial charge on any atom is -0.444 e. The summed E-state index contributed by atoms with van der Waals surface area (Å²) in [6, 6.07) is 17.7. The molecule has 1 atom stereocenters. The molecule has 7 nitrogen and oxygen atoms in total. The number of hydrogen-bond donors (Lipinski definition) is 0. The zero-order valence-electron chi connectivity index (χ0n) is 23.6. The van der Waals surface area contributed by atoms with Crippen molar-refractivity contribution in [3.05, 3.63) is 83.3 Å². The third-order valence-corrected chi connectivity index (χ3v) is 6.81. The van der Waals surface area contributed by atoms with Crippen molar-refractivity contribution in [1.29, 1.82) is 0 Å². The Morgan fingerprint density at radius 2 is 1.79 bits per heavy atom. The van der Waals surface area contributed by atoms with E-state index >= 15 is 0 Å². The van der Waals surface area contributed by atoms with Gasteiger partial charge in [-0.1, -0.05) is 24.3 Å². The van der Waals surface area contributed by atoms with Crippen molar-refractivity contribution in [2.45, 2.75) is 52.8 Å². The number of nitrogens with zero attached hydrogens (tertiary/aromatic N) is 4. The second kappa shape index (κ2) is 11.5. The first-order valence-corrected chi connectivity index (χ1v) is 13.2. The Kier molecular flexibility index (Phi) is 8.35. The van der Waals surface area contributed by atoms with Crippen LogP contribution in [0, 0.1) is 12.7 Å². The standard InChI is InChI=1S/C31H37FN4O3/c1-21-19-35(16-17-36(21)30(38)39-31(3,4)5)20-23-10-12-26(13-11-23)34(6)29(37)27-14-15-28(33-22(27)2)24-8-7-9-25(32)18-24/h7-15,18,21H,16-17,19-20H2,1-6H3/t21-/m0/s1. The third kappa shape index (κ3) is 7.00. The van der Waals surface area contributed by atoms with Crippen LogP contribution in [0.4, 0.5) is 14.9 Å². The van der Waals surface area contributed by atoms with Crippen molar-refractivity contribution in [2.24, 2.45) is 0 Å². The SMILES string of the molecule is Cc1nc(-c2cccc(F)c2)ccc1C(=O)N(C)c1ccc(CN2CCN(C(=O)OC(C)(C)C)[C@@H](C)C2)cc1. The molecule has 206 valence electrons. The van der Waals surface area contributed by atoms with E-state index in [4.69, 9.17) is 4.74 Å². The summed E-state index contributed by atoms with van der Waals surface area (Å²) in [6.07, 6.45) is -0.263. The van der Waals surface area contributed by atoms with Gasteiger partial charge in [0.1, 0.15) is 11.4 Å². The molecule has 0 N–H and O–H groups in total. The van der Waals surface area contributed by atoms with Gasteiger partial charge in [-0.3, -0.25) is 14.7 Å². The number of amides is 2. The number of hydrogen-bond acceptors (Lipinski definition) is 5. The Morgan fingerprint density at radius 1 is 1.08 bits per heavy atom. The van der Waals surface area contributed by atoms with E-state index in [1.165, 1.54) is 12.1 Å². The summed E-state index contributed by atoms with van der Waals surface area (Å²) >= 11 is 0. The molecule has 0 radical (unpaired) electrons. The molecule has 2 aromatic carbocycles. The lowest BCUT2D eigenvalue weighted by Crippen LogP contribution is -2.54. The third-order valence-electron chi connectivity index (χ3n) is 6.81. The number of benzene rings is 2. The van der Waals surface area contributed by atoms with Gasteiger partial charge in [-0.2, -0.15) is 0 Å². The minimum atomic E-state index is -0.508. The van der Waals surface area contributed by atoms with E-state index in [0.29, 0.717) is 29.1 Å². The number of halogens is 1. The number of aryl methyl sites for hydroxylation is 1. The number of carbonyl (C=O) groups is 2. The molecule has 1 aliphatic heterocycles. The van der Waals surface area contributed by atoms with Gasteiger partial charge >= 0.3 is 6.09 Å². The molecule has 0 bridgehead atoms. The van der Waals surface area contributed by atoms with Crippen molar-refractivity contribution in [2.75, 3.05) is 31.6 Å². The predicted octanol–water partition coefficient (Wildman–Crippen LogP) is 5.91. The average molecular weight is 533 g/mol. The fourth-order valence-electron chi connectivity index (χ4n) is 4.75. The lowest BCUT2D eigenvalue weighted by atomic mass is 10.1. The Hall–Kier alpha value is -3.78. The molecule has 8 heteroatoms. The van der Waals surface area contributed by atoms with Crippen molar-refractivity contribution in [3.8, 4) is 11.3 Å². The topological polar surface area (TPSA) is 66.0 Å². The van der Waals surface area contributed by atoms with Gasteiger partial charge in [0.05, 0.1) is 17.0 Å². The van der Waals surface area contributed by atoms with Gasteiger partial charge in [0, 0.05) is 50.5 Å². The van der Waals surface area contributed by atoms with Crippen molar-refractivity contribution in [3.63, 3.8) is 0 Å². The molecule has 0 unspecified atom stereocenters. The summed E-state index contributed by atoms with van der Waals surface area (Å²) < 4.78 is 19.2. The van der Waals surface area contributed by atoms with Gasteiger partial charge in [-0.25, -0.2) is 9.18 Å². The first-order chi connectivity index (χ1) is 18.4. The van der Waals surface area contributed by atoms with E-state index in [9.17, 15) is 14.0 Å². The van der Waals surface area contributed by atoms with Crippen LogP contribution in [0.1, 0.15) is 49.3 Å². The molecule has 2 heterocycles. The van der Waals surface area contributed by atoms with E-state index < -0.39 is 5.60 Å². The van der Waals surface area contributed by atoms with Crippen LogP contribution in [0.2, 0.25) is 0 Å². The second-order valence-corrected chi connectivity index (χ2v) is 11.1. The summed E-state index contributed by atoms with van der Waals surface area (Å²) in [4.78, 5) is 36.0. The highest BCUT2D eigenvalue weighted by Crippen LogP contribution is 2.23. The van der Waals surface area contributed by atoms with Gasteiger partial charge in [0.15, 0.2) is 0 Å². The lowest BCUT2D eigenvalue weighted by molar-refractivity contribution is 0.000550. The molecule has 0 aliphatic carbocycles. The molecular weight excluding hydrogens is 495 g/mol. The first-order valence-electron chi connectivity index (χ1n) is 13.2. The van der Waals surface area contributed by atoms with E-state index in [-0.39, 0.29) is 23.9 Å². The molecular formula is C31H37FN4O3. The van der Waals surface area contributed by atoms with Gasteiger partial charge in [0.2, 0.25) is 0 Å². The zero-order valence-corrected chi connectivity index (χ0v) is 23.6. The molecule has 39 heavy (non-hydrogen) atoms. The fraction of sp³-hybridized carbons (Fsp3) is 0.387. The Morgan fingerprint density at radius 3 is 2.41 bits per heavy atom. The number of piperazine rings is 1. The molecule has 1 aliphatic rings. The predicted molar refractivity (Wildman–Crippen MR) is 151 cm³/mol. The van der Waals surface area contributed by atoms with E-state index in [2.05, 4.69) is 9.88 Å². The number of aromatic nitrogens is 1. The Balaban J connectivity index is 1.37. The van der Waals surface area contributed by atoms with Crippen LogP contribution in [-0.4, -0.2) is 65.1 Å². The highest BCUT2D eigenvalue weighted by atomic mass is 19.1. The summed E-state index contributed by atoms with van der Waals surface area (Å²) in [7, 11) is 1.74. The molecule has 1 fully saturated rings. The maximum atomic E-state index is 13.6. The first kappa shape index (κ1) is 28.2. The number of ether oxygens (including phenoxy) is 1. The van der Waals surface area contributed by atoms with Crippen LogP contribution in [0.15, 0.2) is 60.7 Å². The number of anilines is 1. The summed E-state index contributed by atoms with van der Waals surface area (Å²) in [5, 5.41) is 0. The summed E-state index contributed by atoms with van der Waals surface area (Å²) in [6.45, 7) is 12.4. The summed E-state index contributed by atoms with van der Waals surface area (Å²) in [5.74, 6) is -0.488. The molecule has 0 saturated carbocycles. The van der Waals surface area contributed by atoms with E-state index in [1.54, 1.807) is 48.0 Å². The van der Waals surface area contributed by atoms with Gasteiger partial charge in [0.25, 0.3) is 5.91 Å². The average Bonchev–Trinajstić information content (AvgIpc) is 2.87. The van der Waals surface area contributed by atoms with Crippen molar-refractivity contribution < 1.29 is 18.7 Å². The largest absolute Gasteiger partial charge is 0.444 e. The summed E-state index contributed by atoms with van der Waals surface area (Å²) in [5.41, 5.74) is 3.78. The molecule has 1 saturated heterocycles. The monoisotopic (exact) mass is 532 g/mol. The molecule has 3 aromatic rings. The minimum absolute atomic E-state index is 0.0563. The fourth-order valence-corrected chi connectivity index (χ4v) is 4.75. The van der Waals surface area contributed by atoms with Gasteiger partial charge in [-0.05, 0) is 76.6 Å². The van der Waals surface area contributed by atoms with Crippen molar-refractivity contribution >= 4 is 17.7 Å². The molecule has 1 aromatic heterocycles. The van der Waals surface area contributed by atoms with Crippen molar-refractivity contribution in [1.82, 2.24) is 14.8 Å².